The van der Waals surface area contributed by atoms with E-state index >= 15 is 0 Å². The van der Waals surface area contributed by atoms with Crippen LogP contribution in [-0.4, -0.2) is 159 Å². The molecule has 20 heteroatoms. The van der Waals surface area contributed by atoms with Crippen LogP contribution in [0.25, 0.3) is 0 Å². The number of aliphatic hydroxyl groups is 10. The van der Waals surface area contributed by atoms with Crippen molar-refractivity contribution in [3.8, 4) is 0 Å². The average Bonchev–Trinajstić information content (AvgIpc) is 3.56. The number of carboxylic acids is 2. The fourth-order valence-corrected chi connectivity index (χ4v) is 5.95. The number of halogens is 1. The molecule has 2 rings (SSSR count). The minimum Gasteiger partial charge on any atom is -0.548 e. The Morgan fingerprint density at radius 2 is 0.974 bits per heavy atom. The van der Waals surface area contributed by atoms with Gasteiger partial charge in [-0.05, 0) is 23.5 Å². The molecule has 2 heterocycles. The summed E-state index contributed by atoms with van der Waals surface area (Å²) in [6.07, 6.45) is -12.9. The van der Waals surface area contributed by atoms with Gasteiger partial charge in [-0.25, -0.2) is 0 Å². The van der Waals surface area contributed by atoms with Gasteiger partial charge in [0.05, 0.1) is 37.2 Å². The Morgan fingerprint density at radius 1 is 0.684 bits per heavy atom. The second kappa shape index (κ2) is 19.3. The third kappa shape index (κ3) is 11.5. The van der Waals surface area contributed by atoms with Crippen molar-refractivity contribution in [3.63, 3.8) is 0 Å². The maximum Gasteiger partial charge on any atom is 2.00 e. The molecule has 228 valence electrons. The van der Waals surface area contributed by atoms with E-state index in [2.05, 4.69) is 10.6 Å². The first-order chi connectivity index (χ1) is 16.8. The Morgan fingerprint density at radius 3 is 1.18 bits per heavy atom. The Bertz CT molecular complexity index is 653. The second-order valence-electron chi connectivity index (χ2n) is 8.14. The number of carbonyl (C=O) groups is 2. The summed E-state index contributed by atoms with van der Waals surface area (Å²) in [7, 11) is 0. The fourth-order valence-electron chi connectivity index (χ4n) is 3.21. The summed E-state index contributed by atoms with van der Waals surface area (Å²) >= 11 is 1.09. The van der Waals surface area contributed by atoms with Gasteiger partial charge in [0.2, 0.25) is 0 Å². The molecule has 0 aromatic rings. The van der Waals surface area contributed by atoms with Crippen molar-refractivity contribution in [2.45, 2.75) is 71.7 Å². The van der Waals surface area contributed by atoms with Crippen LogP contribution in [0, 0.1) is 0 Å². The van der Waals surface area contributed by atoms with Gasteiger partial charge in [-0.15, -0.1) is 12.4 Å². The Balaban J connectivity index is 0. The first-order valence-corrected chi connectivity index (χ1v) is 13.0. The Labute approximate surface area is 245 Å². The molecule has 2 saturated heterocycles. The van der Waals surface area contributed by atoms with Crippen LogP contribution in [0.2, 0.25) is 0 Å². The summed E-state index contributed by atoms with van der Waals surface area (Å²) in [4.78, 5) is 21.2. The van der Waals surface area contributed by atoms with Gasteiger partial charge in [0.1, 0.15) is 60.3 Å². The van der Waals surface area contributed by atoms with Crippen molar-refractivity contribution in [2.75, 3.05) is 24.7 Å². The predicted octanol–water partition coefficient (Wildman–Crippen LogP) is -11.0. The summed E-state index contributed by atoms with van der Waals surface area (Å²) in [5.41, 5.74) is 0. The molecule has 0 bridgehead atoms. The standard InChI is InChI=1S/2C9H17NO7S.ClH.Pd/c2*11-1-4(12)5(13)6(14)7(15)8-10-3(2-18-8)9(16)17;;/h2*3-8,10-15H,1-2H2,(H,16,17);1H;/q;;;+2. The van der Waals surface area contributed by atoms with Crippen molar-refractivity contribution >= 4 is 47.9 Å². The van der Waals surface area contributed by atoms with E-state index < -0.39 is 96.8 Å². The van der Waals surface area contributed by atoms with E-state index in [1.807, 2.05) is 0 Å². The zero-order valence-electron chi connectivity index (χ0n) is 19.5. The van der Waals surface area contributed by atoms with Gasteiger partial charge in [0, 0.05) is 0 Å². The molecule has 38 heavy (non-hydrogen) atoms. The molecule has 0 spiro atoms. The molecule has 2 aliphatic heterocycles. The van der Waals surface area contributed by atoms with Gasteiger partial charge in [-0.3, -0.25) is 10.6 Å². The van der Waals surface area contributed by atoms with Crippen LogP contribution in [0.4, 0.5) is 0 Å². The van der Waals surface area contributed by atoms with E-state index in [-0.39, 0.29) is 44.3 Å². The summed E-state index contributed by atoms with van der Waals surface area (Å²) in [6.45, 7) is -1.52. The van der Waals surface area contributed by atoms with E-state index in [4.69, 9.17) is 20.4 Å². The van der Waals surface area contributed by atoms with E-state index in [9.17, 15) is 50.4 Å². The average molecular weight is 709 g/mol. The number of aliphatic hydroxyl groups excluding tert-OH is 10. The summed E-state index contributed by atoms with van der Waals surface area (Å²) in [5.74, 6) is -2.17. The van der Waals surface area contributed by atoms with Crippen molar-refractivity contribution in [1.82, 2.24) is 10.6 Å². The van der Waals surface area contributed by atoms with Gasteiger partial charge in [0.25, 0.3) is 0 Å². The van der Waals surface area contributed by atoms with E-state index in [0.29, 0.717) is 23.5 Å². The van der Waals surface area contributed by atoms with Crippen LogP contribution >= 0.6 is 12.4 Å². The number of carboxylic acid groups (broad SMARTS) is 2. The zero-order chi connectivity index (χ0) is 27.7. The predicted molar refractivity (Wildman–Crippen MR) is 128 cm³/mol. The molecular formula is C18H35ClN2O14PdS2+2. The van der Waals surface area contributed by atoms with E-state index in [1.54, 1.807) is 0 Å². The van der Waals surface area contributed by atoms with Crippen molar-refractivity contribution < 1.29 is 91.3 Å². The van der Waals surface area contributed by atoms with Crippen LogP contribution in [0.3, 0.4) is 0 Å². The zero-order valence-corrected chi connectivity index (χ0v) is 23.6. The largest absolute Gasteiger partial charge is 2.00 e. The van der Waals surface area contributed by atoms with Crippen molar-refractivity contribution in [3.05, 3.63) is 0 Å². The fraction of sp³-hybridized carbons (Fsp3) is 0.889. The van der Waals surface area contributed by atoms with Crippen molar-refractivity contribution in [1.29, 1.82) is 0 Å². The molecular weight excluding hydrogens is 674 g/mol. The Kier molecular flexibility index (Phi) is 20.4. The molecule has 0 saturated carbocycles. The number of aliphatic carboxylic acids is 2. The number of rotatable bonds is 12. The molecule has 0 aliphatic carbocycles. The number of carbonyl (C=O) groups excluding carboxylic acids is 2. The quantitative estimate of drug-likeness (QED) is 0.0509. The van der Waals surface area contributed by atoms with Crippen LogP contribution in [0.5, 0.6) is 0 Å². The molecule has 12 N–H and O–H groups in total. The number of hydrogen-bond acceptors (Lipinski definition) is 16. The molecule has 2 fully saturated rings. The van der Waals surface area contributed by atoms with Gasteiger partial charge >= 0.3 is 20.4 Å². The Hall–Kier alpha value is 0.112. The first kappa shape index (κ1) is 40.3. The molecule has 12 unspecified atom stereocenters. The van der Waals surface area contributed by atoms with Crippen LogP contribution in [-0.2, 0) is 53.5 Å². The van der Waals surface area contributed by atoms with E-state index in [1.165, 1.54) is 0 Å². The minimum atomic E-state index is -1.72. The number of thiol groups is 2. The van der Waals surface area contributed by atoms with Crippen LogP contribution in [0.1, 0.15) is 0 Å². The van der Waals surface area contributed by atoms with Gasteiger partial charge in [-0.1, -0.05) is 0 Å². The molecule has 16 nitrogen and oxygen atoms in total. The first-order valence-electron chi connectivity index (χ1n) is 10.7. The van der Waals surface area contributed by atoms with Gasteiger partial charge in [0.15, 0.2) is 10.7 Å². The molecule has 0 aromatic heterocycles. The topological polar surface area (TPSA) is 307 Å². The van der Waals surface area contributed by atoms with Crippen LogP contribution in [0.15, 0.2) is 0 Å². The number of hydrogen-bond donors (Lipinski definition) is 12. The molecule has 0 amide bonds. The summed E-state index contributed by atoms with van der Waals surface area (Å²) in [6, 6.07) is -1.84. The van der Waals surface area contributed by atoms with Gasteiger partial charge < -0.3 is 70.9 Å². The number of nitrogens with one attached hydrogen (secondary N) is 2. The SMILES string of the molecule is Cl.O=C([O-])C1C[SH+]C(C(O)C(O)C(O)C(O)CO)N1.O=C([O-])C1C[SH+]C(C(O)C(O)C(O)C(O)CO)N1.[Pd+2]. The maximum atomic E-state index is 10.6. The minimum absolute atomic E-state index is 0. The van der Waals surface area contributed by atoms with Crippen molar-refractivity contribution in [2.24, 2.45) is 0 Å². The smallest absolute Gasteiger partial charge is 0.548 e. The third-order valence-corrected chi connectivity index (χ3v) is 8.34. The molecule has 2 aliphatic rings. The molecule has 0 aromatic carbocycles. The third-order valence-electron chi connectivity index (χ3n) is 5.49. The summed E-state index contributed by atoms with van der Waals surface area (Å²) < 4.78 is 0. The normalized spacial score (nSPS) is 29.1. The van der Waals surface area contributed by atoms with Gasteiger partial charge in [-0.2, -0.15) is 0 Å². The van der Waals surface area contributed by atoms with E-state index in [0.717, 1.165) is 0 Å². The van der Waals surface area contributed by atoms with Crippen LogP contribution < -0.4 is 20.8 Å². The molecule has 0 radical (unpaired) electrons. The summed E-state index contributed by atoms with van der Waals surface area (Å²) in [5, 5.41) is 118. The maximum absolute atomic E-state index is 10.6. The monoisotopic (exact) mass is 708 g/mol. The second-order valence-corrected chi connectivity index (χ2v) is 10.7. The molecule has 12 atom stereocenters.